The lowest BCUT2D eigenvalue weighted by Crippen LogP contribution is -1.88. The summed E-state index contributed by atoms with van der Waals surface area (Å²) in [6.07, 6.45) is 0. The van der Waals surface area contributed by atoms with Gasteiger partial charge >= 0.3 is 0 Å². The molecule has 0 saturated carbocycles. The predicted octanol–water partition coefficient (Wildman–Crippen LogP) is 4.47. The Kier molecular flexibility index (Phi) is 3.78. The van der Waals surface area contributed by atoms with E-state index in [4.69, 9.17) is 0 Å². The number of nitrogens with zero attached hydrogens (tertiary/aromatic N) is 2. The zero-order valence-electron chi connectivity index (χ0n) is 12.2. The molecule has 3 heteroatoms. The minimum atomic E-state index is 0.0954. The standard InChI is InChI=1S/C20H12N2O/c21-12-14-5-1-3-7-19(14)16-9-17(11-18(23)10-16)20-8-4-2-6-15(20)13-22/h1-11,23H. The summed E-state index contributed by atoms with van der Waals surface area (Å²) in [6.45, 7) is 0. The van der Waals surface area contributed by atoms with Gasteiger partial charge in [0.15, 0.2) is 0 Å². The van der Waals surface area contributed by atoms with Crippen molar-refractivity contribution >= 4 is 0 Å². The number of rotatable bonds is 2. The van der Waals surface area contributed by atoms with Crippen molar-refractivity contribution in [2.45, 2.75) is 0 Å². The third-order valence-corrected chi connectivity index (χ3v) is 3.63. The van der Waals surface area contributed by atoms with E-state index in [-0.39, 0.29) is 5.75 Å². The number of aromatic hydroxyl groups is 1. The molecule has 0 heterocycles. The van der Waals surface area contributed by atoms with Crippen LogP contribution in [0.15, 0.2) is 66.7 Å². The average Bonchev–Trinajstić information content (AvgIpc) is 2.61. The molecule has 0 saturated heterocycles. The van der Waals surface area contributed by atoms with Crippen molar-refractivity contribution in [2.75, 3.05) is 0 Å². The molecular formula is C20H12N2O. The van der Waals surface area contributed by atoms with Crippen LogP contribution in [0.25, 0.3) is 22.3 Å². The number of nitriles is 2. The number of phenols is 1. The molecule has 1 N–H and O–H groups in total. The Morgan fingerprint density at radius 1 is 0.652 bits per heavy atom. The number of hydrogen-bond acceptors (Lipinski definition) is 3. The van der Waals surface area contributed by atoms with E-state index in [0.29, 0.717) is 11.1 Å². The van der Waals surface area contributed by atoms with E-state index in [0.717, 1.165) is 22.3 Å². The predicted molar refractivity (Wildman–Crippen MR) is 88.4 cm³/mol. The fraction of sp³-hybridized carbons (Fsp3) is 0. The highest BCUT2D eigenvalue weighted by molar-refractivity contribution is 5.80. The molecule has 0 bridgehead atoms. The molecule has 0 aliphatic heterocycles. The topological polar surface area (TPSA) is 67.8 Å². The first-order chi connectivity index (χ1) is 11.2. The first kappa shape index (κ1) is 14.4. The van der Waals surface area contributed by atoms with Crippen LogP contribution in [0.1, 0.15) is 11.1 Å². The van der Waals surface area contributed by atoms with Crippen molar-refractivity contribution < 1.29 is 5.11 Å². The van der Waals surface area contributed by atoms with Gasteiger partial charge in [0.1, 0.15) is 5.75 Å². The molecule has 0 fully saturated rings. The van der Waals surface area contributed by atoms with E-state index < -0.39 is 0 Å². The van der Waals surface area contributed by atoms with E-state index >= 15 is 0 Å². The Morgan fingerprint density at radius 2 is 1.09 bits per heavy atom. The largest absolute Gasteiger partial charge is 0.508 e. The summed E-state index contributed by atoms with van der Waals surface area (Å²) in [5.41, 5.74) is 4.06. The molecule has 108 valence electrons. The van der Waals surface area contributed by atoms with Gasteiger partial charge in [0.2, 0.25) is 0 Å². The van der Waals surface area contributed by atoms with Crippen LogP contribution >= 0.6 is 0 Å². The van der Waals surface area contributed by atoms with E-state index in [9.17, 15) is 15.6 Å². The summed E-state index contributed by atoms with van der Waals surface area (Å²) in [4.78, 5) is 0. The summed E-state index contributed by atoms with van der Waals surface area (Å²) in [5.74, 6) is 0.0954. The van der Waals surface area contributed by atoms with Crippen molar-refractivity contribution in [1.82, 2.24) is 0 Å². The second-order valence-corrected chi connectivity index (χ2v) is 5.08. The van der Waals surface area contributed by atoms with Gasteiger partial charge in [-0.3, -0.25) is 0 Å². The highest BCUT2D eigenvalue weighted by Crippen LogP contribution is 2.33. The Balaban J connectivity index is 2.22. The Labute approximate surface area is 134 Å². The Morgan fingerprint density at radius 3 is 1.52 bits per heavy atom. The van der Waals surface area contributed by atoms with E-state index in [2.05, 4.69) is 12.1 Å². The molecule has 3 aromatic carbocycles. The third-order valence-electron chi connectivity index (χ3n) is 3.63. The molecular weight excluding hydrogens is 284 g/mol. The van der Waals surface area contributed by atoms with E-state index in [1.807, 2.05) is 30.3 Å². The Bertz CT molecular complexity index is 886. The van der Waals surface area contributed by atoms with Crippen molar-refractivity contribution in [2.24, 2.45) is 0 Å². The zero-order chi connectivity index (χ0) is 16.2. The van der Waals surface area contributed by atoms with Gasteiger partial charge in [0.25, 0.3) is 0 Å². The second-order valence-electron chi connectivity index (χ2n) is 5.08. The van der Waals surface area contributed by atoms with Gasteiger partial charge < -0.3 is 5.11 Å². The van der Waals surface area contributed by atoms with Crippen molar-refractivity contribution in [3.8, 4) is 40.1 Å². The first-order valence-electron chi connectivity index (χ1n) is 7.06. The van der Waals surface area contributed by atoms with Gasteiger partial charge in [0.05, 0.1) is 23.3 Å². The van der Waals surface area contributed by atoms with Crippen LogP contribution in [0.3, 0.4) is 0 Å². The minimum absolute atomic E-state index is 0.0954. The lowest BCUT2D eigenvalue weighted by atomic mass is 9.94. The Hall–Kier alpha value is -3.56. The maximum absolute atomic E-state index is 10.1. The quantitative estimate of drug-likeness (QED) is 0.758. The summed E-state index contributed by atoms with van der Waals surface area (Å²) >= 11 is 0. The monoisotopic (exact) mass is 296 g/mol. The van der Waals surface area contributed by atoms with Gasteiger partial charge in [-0.1, -0.05) is 36.4 Å². The fourth-order valence-electron chi connectivity index (χ4n) is 2.59. The van der Waals surface area contributed by atoms with Gasteiger partial charge in [-0.2, -0.15) is 10.5 Å². The van der Waals surface area contributed by atoms with Crippen LogP contribution in [0.4, 0.5) is 0 Å². The summed E-state index contributed by atoms with van der Waals surface area (Å²) in [6, 6.07) is 23.9. The van der Waals surface area contributed by atoms with Crippen LogP contribution in [-0.4, -0.2) is 5.11 Å². The fourth-order valence-corrected chi connectivity index (χ4v) is 2.59. The van der Waals surface area contributed by atoms with Gasteiger partial charge in [-0.15, -0.1) is 0 Å². The van der Waals surface area contributed by atoms with Crippen LogP contribution in [0, 0.1) is 22.7 Å². The van der Waals surface area contributed by atoms with E-state index in [1.54, 1.807) is 36.4 Å². The molecule has 3 aromatic rings. The highest BCUT2D eigenvalue weighted by atomic mass is 16.3. The molecule has 0 atom stereocenters. The summed E-state index contributed by atoms with van der Waals surface area (Å²) < 4.78 is 0. The van der Waals surface area contributed by atoms with Crippen molar-refractivity contribution in [1.29, 1.82) is 10.5 Å². The molecule has 0 amide bonds. The molecule has 3 nitrogen and oxygen atoms in total. The highest BCUT2D eigenvalue weighted by Gasteiger charge is 2.10. The maximum Gasteiger partial charge on any atom is 0.116 e. The molecule has 23 heavy (non-hydrogen) atoms. The van der Waals surface area contributed by atoms with Crippen LogP contribution < -0.4 is 0 Å². The van der Waals surface area contributed by atoms with Crippen molar-refractivity contribution in [3.63, 3.8) is 0 Å². The molecule has 0 aliphatic rings. The van der Waals surface area contributed by atoms with Crippen LogP contribution in [0.5, 0.6) is 5.75 Å². The minimum Gasteiger partial charge on any atom is -0.508 e. The first-order valence-corrected chi connectivity index (χ1v) is 7.06. The molecule has 0 unspecified atom stereocenters. The van der Waals surface area contributed by atoms with Crippen LogP contribution in [0.2, 0.25) is 0 Å². The normalized spacial score (nSPS) is 9.83. The molecule has 0 aliphatic carbocycles. The average molecular weight is 296 g/mol. The zero-order valence-corrected chi connectivity index (χ0v) is 12.2. The smallest absolute Gasteiger partial charge is 0.116 e. The van der Waals surface area contributed by atoms with Crippen molar-refractivity contribution in [3.05, 3.63) is 77.9 Å². The van der Waals surface area contributed by atoms with Crippen LogP contribution in [-0.2, 0) is 0 Å². The SMILES string of the molecule is N#Cc1ccccc1-c1cc(O)cc(-c2ccccc2C#N)c1. The third kappa shape index (κ3) is 2.77. The molecule has 0 spiro atoms. The lowest BCUT2D eigenvalue weighted by molar-refractivity contribution is 0.476. The van der Waals surface area contributed by atoms with Gasteiger partial charge in [-0.25, -0.2) is 0 Å². The molecule has 0 aromatic heterocycles. The summed E-state index contributed by atoms with van der Waals surface area (Å²) in [7, 11) is 0. The number of phenolic OH excluding ortho intramolecular Hbond substituents is 1. The van der Waals surface area contributed by atoms with Gasteiger partial charge in [-0.05, 0) is 52.6 Å². The lowest BCUT2D eigenvalue weighted by Gasteiger charge is -2.10. The number of hydrogen-bond donors (Lipinski definition) is 1. The molecule has 3 rings (SSSR count). The molecule has 0 radical (unpaired) electrons. The maximum atomic E-state index is 10.1. The van der Waals surface area contributed by atoms with E-state index in [1.165, 1.54) is 0 Å². The van der Waals surface area contributed by atoms with Gasteiger partial charge in [0, 0.05) is 0 Å². The second kappa shape index (κ2) is 6.05. The summed E-state index contributed by atoms with van der Waals surface area (Å²) in [5, 5.41) is 28.6. The number of benzene rings is 3.